The molecule has 0 spiro atoms. The summed E-state index contributed by atoms with van der Waals surface area (Å²) in [5.74, 6) is 0.220. The number of nitrogens with two attached hydrogens (primary N) is 2. The van der Waals surface area contributed by atoms with Crippen molar-refractivity contribution in [2.75, 3.05) is 0 Å². The van der Waals surface area contributed by atoms with Crippen LogP contribution < -0.4 is 11.5 Å². The van der Waals surface area contributed by atoms with Crippen LogP contribution in [0.5, 0.6) is 0 Å². The Kier molecular flexibility index (Phi) is 1.35. The minimum absolute atomic E-state index is 0.0822. The van der Waals surface area contributed by atoms with E-state index in [2.05, 4.69) is 11.9 Å². The van der Waals surface area contributed by atoms with Gasteiger partial charge in [-0.3, -0.25) is 0 Å². The summed E-state index contributed by atoms with van der Waals surface area (Å²) in [6, 6.07) is 0. The van der Waals surface area contributed by atoms with E-state index in [0.29, 0.717) is 0 Å². The summed E-state index contributed by atoms with van der Waals surface area (Å²) in [5, 5.41) is 0. The molecule has 1 saturated carbocycles. The quantitative estimate of drug-likeness (QED) is 0.390. The molecule has 0 atom stereocenters. The zero-order valence-electron chi connectivity index (χ0n) is 5.72. The molecule has 52 valence electrons. The van der Waals surface area contributed by atoms with Crippen LogP contribution in [0.2, 0.25) is 0 Å². The Hall–Kier alpha value is -0.730. The highest BCUT2D eigenvalue weighted by molar-refractivity contribution is 5.76. The second kappa shape index (κ2) is 1.90. The van der Waals surface area contributed by atoms with Gasteiger partial charge in [0.1, 0.15) is 0 Å². The predicted molar refractivity (Wildman–Crippen MR) is 38.1 cm³/mol. The summed E-state index contributed by atoms with van der Waals surface area (Å²) in [7, 11) is 0. The summed E-state index contributed by atoms with van der Waals surface area (Å²) in [5.41, 5.74) is 10.5. The average Bonchev–Trinajstić information content (AvgIpc) is 1.60. The summed E-state index contributed by atoms with van der Waals surface area (Å²) in [6.07, 6.45) is 3.52. The van der Waals surface area contributed by atoms with E-state index in [1.807, 2.05) is 0 Å². The van der Waals surface area contributed by atoms with Gasteiger partial charge < -0.3 is 11.5 Å². The van der Waals surface area contributed by atoms with Gasteiger partial charge >= 0.3 is 0 Å². The van der Waals surface area contributed by atoms with Crippen LogP contribution in [-0.4, -0.2) is 11.5 Å². The van der Waals surface area contributed by atoms with E-state index >= 15 is 0 Å². The Bertz CT molecular complexity index is 131. The van der Waals surface area contributed by atoms with Crippen molar-refractivity contribution in [3.05, 3.63) is 0 Å². The standard InChI is InChI=1S/C6H13N3/c1-6(3-2-4-6)9-5(7)8/h2-4H2,1H3,(H4,7,8,9). The maximum Gasteiger partial charge on any atom is 0.186 e. The number of aliphatic imine (C=N–C) groups is 1. The van der Waals surface area contributed by atoms with Crippen molar-refractivity contribution in [2.45, 2.75) is 31.7 Å². The molecule has 1 aliphatic carbocycles. The van der Waals surface area contributed by atoms with Crippen molar-refractivity contribution in [1.82, 2.24) is 0 Å². The lowest BCUT2D eigenvalue weighted by Crippen LogP contribution is -2.36. The smallest absolute Gasteiger partial charge is 0.186 e. The van der Waals surface area contributed by atoms with Gasteiger partial charge in [-0.25, -0.2) is 4.99 Å². The van der Waals surface area contributed by atoms with Gasteiger partial charge in [0.15, 0.2) is 5.96 Å². The highest BCUT2D eigenvalue weighted by atomic mass is 15.0. The summed E-state index contributed by atoms with van der Waals surface area (Å²) < 4.78 is 0. The van der Waals surface area contributed by atoms with Crippen LogP contribution in [0, 0.1) is 0 Å². The Morgan fingerprint density at radius 1 is 1.44 bits per heavy atom. The Morgan fingerprint density at radius 2 is 2.00 bits per heavy atom. The third kappa shape index (κ3) is 1.34. The van der Waals surface area contributed by atoms with Gasteiger partial charge in [-0.1, -0.05) is 0 Å². The molecule has 0 aromatic heterocycles. The summed E-state index contributed by atoms with van der Waals surface area (Å²) >= 11 is 0. The Labute approximate surface area is 55.1 Å². The van der Waals surface area contributed by atoms with Gasteiger partial charge in [0.2, 0.25) is 0 Å². The van der Waals surface area contributed by atoms with Crippen LogP contribution in [0.15, 0.2) is 4.99 Å². The van der Waals surface area contributed by atoms with Crippen LogP contribution >= 0.6 is 0 Å². The number of guanidine groups is 1. The fourth-order valence-electron chi connectivity index (χ4n) is 1.11. The minimum atomic E-state index is 0.0822. The van der Waals surface area contributed by atoms with Crippen molar-refractivity contribution >= 4 is 5.96 Å². The molecule has 0 aromatic rings. The monoisotopic (exact) mass is 127 g/mol. The van der Waals surface area contributed by atoms with Gasteiger partial charge in [0.25, 0.3) is 0 Å². The molecule has 3 nitrogen and oxygen atoms in total. The van der Waals surface area contributed by atoms with Gasteiger partial charge in [0, 0.05) is 0 Å². The van der Waals surface area contributed by atoms with Crippen molar-refractivity contribution in [3.8, 4) is 0 Å². The predicted octanol–water partition coefficient (Wildman–Crippen LogP) is 0.202. The Balaban J connectivity index is 2.51. The molecular weight excluding hydrogens is 114 g/mol. The summed E-state index contributed by atoms with van der Waals surface area (Å²) in [6.45, 7) is 2.08. The van der Waals surface area contributed by atoms with Gasteiger partial charge in [-0.05, 0) is 26.2 Å². The third-order valence-electron chi connectivity index (χ3n) is 1.83. The first-order valence-corrected chi connectivity index (χ1v) is 3.23. The second-order valence-corrected chi connectivity index (χ2v) is 2.89. The van der Waals surface area contributed by atoms with E-state index in [-0.39, 0.29) is 11.5 Å². The molecule has 0 saturated heterocycles. The first-order chi connectivity index (χ1) is 4.12. The van der Waals surface area contributed by atoms with Gasteiger partial charge in [0.05, 0.1) is 5.54 Å². The first-order valence-electron chi connectivity index (χ1n) is 3.23. The van der Waals surface area contributed by atoms with Crippen molar-refractivity contribution < 1.29 is 0 Å². The minimum Gasteiger partial charge on any atom is -0.370 e. The Morgan fingerprint density at radius 3 is 2.11 bits per heavy atom. The molecule has 0 aromatic carbocycles. The van der Waals surface area contributed by atoms with Crippen LogP contribution in [0.4, 0.5) is 0 Å². The lowest BCUT2D eigenvalue weighted by Gasteiger charge is -2.34. The zero-order valence-corrected chi connectivity index (χ0v) is 5.72. The maximum absolute atomic E-state index is 5.22. The van der Waals surface area contributed by atoms with E-state index in [0.717, 1.165) is 12.8 Å². The SMILES string of the molecule is CC1(N=C(N)N)CCC1. The molecule has 1 rings (SSSR count). The second-order valence-electron chi connectivity index (χ2n) is 2.89. The molecule has 1 aliphatic rings. The van der Waals surface area contributed by atoms with E-state index < -0.39 is 0 Å². The van der Waals surface area contributed by atoms with E-state index in [1.54, 1.807) is 0 Å². The largest absolute Gasteiger partial charge is 0.370 e. The summed E-state index contributed by atoms with van der Waals surface area (Å²) in [4.78, 5) is 4.09. The molecular formula is C6H13N3. The highest BCUT2D eigenvalue weighted by Gasteiger charge is 2.30. The third-order valence-corrected chi connectivity index (χ3v) is 1.83. The molecule has 0 unspecified atom stereocenters. The lowest BCUT2D eigenvalue weighted by molar-refractivity contribution is 0.279. The fourth-order valence-corrected chi connectivity index (χ4v) is 1.11. The molecule has 0 amide bonds. The van der Waals surface area contributed by atoms with E-state index in [4.69, 9.17) is 11.5 Å². The topological polar surface area (TPSA) is 64.4 Å². The van der Waals surface area contributed by atoms with Crippen molar-refractivity contribution in [2.24, 2.45) is 16.5 Å². The van der Waals surface area contributed by atoms with Gasteiger partial charge in [-0.15, -0.1) is 0 Å². The van der Waals surface area contributed by atoms with Crippen molar-refractivity contribution in [1.29, 1.82) is 0 Å². The first kappa shape index (κ1) is 6.39. The fraction of sp³-hybridized carbons (Fsp3) is 0.833. The van der Waals surface area contributed by atoms with Gasteiger partial charge in [-0.2, -0.15) is 0 Å². The van der Waals surface area contributed by atoms with Crippen LogP contribution in [0.3, 0.4) is 0 Å². The molecule has 3 heteroatoms. The lowest BCUT2D eigenvalue weighted by atomic mass is 9.79. The maximum atomic E-state index is 5.22. The zero-order chi connectivity index (χ0) is 6.91. The molecule has 0 radical (unpaired) electrons. The number of nitrogens with zero attached hydrogens (tertiary/aromatic N) is 1. The van der Waals surface area contributed by atoms with Crippen LogP contribution in [0.1, 0.15) is 26.2 Å². The molecule has 0 bridgehead atoms. The average molecular weight is 127 g/mol. The van der Waals surface area contributed by atoms with Crippen LogP contribution in [-0.2, 0) is 0 Å². The normalized spacial score (nSPS) is 22.3. The molecule has 0 heterocycles. The number of rotatable bonds is 1. The molecule has 1 fully saturated rings. The number of hydrogen-bond acceptors (Lipinski definition) is 1. The van der Waals surface area contributed by atoms with Crippen LogP contribution in [0.25, 0.3) is 0 Å². The molecule has 0 aliphatic heterocycles. The van der Waals surface area contributed by atoms with Crippen molar-refractivity contribution in [3.63, 3.8) is 0 Å². The van der Waals surface area contributed by atoms with E-state index in [9.17, 15) is 0 Å². The van der Waals surface area contributed by atoms with E-state index in [1.165, 1.54) is 6.42 Å². The molecule has 9 heavy (non-hydrogen) atoms. The number of hydrogen-bond donors (Lipinski definition) is 2. The highest BCUT2D eigenvalue weighted by Crippen LogP contribution is 2.34. The molecule has 4 N–H and O–H groups in total.